The number of nitrogens with one attached hydrogen (secondary N) is 1. The minimum absolute atomic E-state index is 0.00904. The zero-order valence-electron chi connectivity index (χ0n) is 14.8. The molecule has 2 atom stereocenters. The lowest BCUT2D eigenvalue weighted by Crippen LogP contribution is -2.41. The average Bonchev–Trinajstić information content (AvgIpc) is 2.75. The second kappa shape index (κ2) is 7.19. The molecule has 7 heteroatoms. The summed E-state index contributed by atoms with van der Waals surface area (Å²) in [5.74, 6) is -0.00904. The molecule has 1 aliphatic rings. The largest absolute Gasteiger partial charge is 0.444 e. The van der Waals surface area contributed by atoms with Crippen LogP contribution in [-0.4, -0.2) is 53.7 Å². The van der Waals surface area contributed by atoms with Crippen LogP contribution in [0, 0.1) is 5.92 Å². The Morgan fingerprint density at radius 2 is 1.70 bits per heavy atom. The Morgan fingerprint density at radius 3 is 2.17 bits per heavy atom. The molecule has 0 unspecified atom stereocenters. The van der Waals surface area contributed by atoms with Crippen LogP contribution in [0.25, 0.3) is 0 Å². The van der Waals surface area contributed by atoms with Crippen molar-refractivity contribution in [2.45, 2.75) is 65.2 Å². The van der Waals surface area contributed by atoms with Crippen LogP contribution in [0.3, 0.4) is 0 Å². The monoisotopic (exact) mass is 328 g/mol. The molecule has 2 amide bonds. The fourth-order valence-electron chi connectivity index (χ4n) is 2.31. The summed E-state index contributed by atoms with van der Waals surface area (Å²) in [6.45, 7) is 11.4. The quantitative estimate of drug-likeness (QED) is 0.804. The Kier molecular flexibility index (Phi) is 6.02. The molecule has 1 rings (SSSR count). The number of alkyl carbamates (subject to hydrolysis) is 1. The molecule has 0 aliphatic carbocycles. The molecule has 1 fully saturated rings. The first-order valence-electron chi connectivity index (χ1n) is 7.83. The molecule has 1 aliphatic heterocycles. The molecule has 1 saturated heterocycles. The highest BCUT2D eigenvalue weighted by molar-refractivity contribution is 5.74. The molecule has 0 bridgehead atoms. The fourth-order valence-corrected chi connectivity index (χ4v) is 2.31. The first-order valence-corrected chi connectivity index (χ1v) is 7.83. The predicted molar refractivity (Wildman–Crippen MR) is 85.1 cm³/mol. The van der Waals surface area contributed by atoms with E-state index in [0.29, 0.717) is 19.5 Å². The summed E-state index contributed by atoms with van der Waals surface area (Å²) in [5, 5.41) is 2.68. The van der Waals surface area contributed by atoms with E-state index >= 15 is 0 Å². The van der Waals surface area contributed by atoms with E-state index in [4.69, 9.17) is 9.47 Å². The minimum Gasteiger partial charge on any atom is -0.444 e. The zero-order chi connectivity index (χ0) is 17.8. The summed E-state index contributed by atoms with van der Waals surface area (Å²) in [6, 6.07) is -0.518. The van der Waals surface area contributed by atoms with E-state index in [2.05, 4.69) is 5.32 Å². The molecule has 1 N–H and O–H groups in total. The topological polar surface area (TPSA) is 84.9 Å². The van der Waals surface area contributed by atoms with Crippen LogP contribution in [0.2, 0.25) is 0 Å². The number of carbonyl (C=O) groups is 3. The molecular weight excluding hydrogens is 300 g/mol. The van der Waals surface area contributed by atoms with E-state index in [-0.39, 0.29) is 5.92 Å². The number of amides is 2. The standard InChI is InChI=1S/C16H28N2O5/c1-15(2,3)22-13(20)17-8-11-7-12(10-19)18(9-11)14(21)23-16(4,5)6/h10-12H,7-9H2,1-6H3,(H,17,20)/t11-,12-/m0/s1. The Balaban J connectivity index is 2.54. The average molecular weight is 328 g/mol. The lowest BCUT2D eigenvalue weighted by Gasteiger charge is -2.26. The smallest absolute Gasteiger partial charge is 0.410 e. The number of rotatable bonds is 3. The van der Waals surface area contributed by atoms with Gasteiger partial charge >= 0.3 is 12.2 Å². The predicted octanol–water partition coefficient (Wildman–Crippen LogP) is 2.34. The first kappa shape index (κ1) is 19.3. The maximum atomic E-state index is 12.1. The van der Waals surface area contributed by atoms with Crippen molar-refractivity contribution >= 4 is 18.5 Å². The SMILES string of the molecule is CC(C)(C)OC(=O)NC[C@@H]1C[C@@H](C=O)N(C(=O)OC(C)(C)C)C1. The van der Waals surface area contributed by atoms with Crippen molar-refractivity contribution in [3.05, 3.63) is 0 Å². The molecule has 23 heavy (non-hydrogen) atoms. The first-order chi connectivity index (χ1) is 10.4. The summed E-state index contributed by atoms with van der Waals surface area (Å²) in [4.78, 5) is 36.4. The van der Waals surface area contributed by atoms with Gasteiger partial charge in [-0.1, -0.05) is 0 Å². The van der Waals surface area contributed by atoms with Crippen molar-refractivity contribution in [1.29, 1.82) is 0 Å². The zero-order valence-corrected chi connectivity index (χ0v) is 14.8. The van der Waals surface area contributed by atoms with E-state index in [0.717, 1.165) is 6.29 Å². The van der Waals surface area contributed by atoms with Crippen molar-refractivity contribution in [3.63, 3.8) is 0 Å². The van der Waals surface area contributed by atoms with Crippen molar-refractivity contribution in [2.24, 2.45) is 5.92 Å². The van der Waals surface area contributed by atoms with Crippen molar-refractivity contribution < 1.29 is 23.9 Å². The maximum Gasteiger partial charge on any atom is 0.410 e. The Bertz CT molecular complexity index is 450. The van der Waals surface area contributed by atoms with Gasteiger partial charge in [0.15, 0.2) is 0 Å². The molecule has 0 saturated carbocycles. The van der Waals surface area contributed by atoms with Crippen molar-refractivity contribution in [2.75, 3.05) is 13.1 Å². The van der Waals surface area contributed by atoms with Gasteiger partial charge in [-0.15, -0.1) is 0 Å². The van der Waals surface area contributed by atoms with Crippen LogP contribution >= 0.6 is 0 Å². The van der Waals surface area contributed by atoms with Crippen LogP contribution in [0.4, 0.5) is 9.59 Å². The normalized spacial score (nSPS) is 21.7. The van der Waals surface area contributed by atoms with Gasteiger partial charge in [0, 0.05) is 13.1 Å². The van der Waals surface area contributed by atoms with Crippen LogP contribution in [0.15, 0.2) is 0 Å². The molecule has 7 nitrogen and oxygen atoms in total. The number of carbonyl (C=O) groups excluding carboxylic acids is 3. The van der Waals surface area contributed by atoms with Crippen LogP contribution in [-0.2, 0) is 14.3 Å². The Labute approximate surface area is 137 Å². The molecule has 132 valence electrons. The molecule has 0 aromatic rings. The molecule has 0 radical (unpaired) electrons. The Morgan fingerprint density at radius 1 is 1.13 bits per heavy atom. The van der Waals surface area contributed by atoms with E-state index in [9.17, 15) is 14.4 Å². The van der Waals surface area contributed by atoms with Gasteiger partial charge in [-0.25, -0.2) is 9.59 Å². The summed E-state index contributed by atoms with van der Waals surface area (Å²) in [6.07, 6.45) is 0.237. The molecule has 1 heterocycles. The van der Waals surface area contributed by atoms with Crippen LogP contribution in [0.5, 0.6) is 0 Å². The fraction of sp³-hybridized carbons (Fsp3) is 0.812. The van der Waals surface area contributed by atoms with E-state index in [1.807, 2.05) is 0 Å². The van der Waals surface area contributed by atoms with Crippen molar-refractivity contribution in [1.82, 2.24) is 10.2 Å². The summed E-state index contributed by atoms with van der Waals surface area (Å²) >= 11 is 0. The summed E-state index contributed by atoms with van der Waals surface area (Å²) in [5.41, 5.74) is -1.18. The van der Waals surface area contributed by atoms with Crippen LogP contribution in [0.1, 0.15) is 48.0 Å². The van der Waals surface area contributed by atoms with Gasteiger partial charge < -0.3 is 19.6 Å². The molecule has 0 aromatic carbocycles. The lowest BCUT2D eigenvalue weighted by molar-refractivity contribution is -0.111. The van der Waals surface area contributed by atoms with Gasteiger partial charge in [0.2, 0.25) is 0 Å². The van der Waals surface area contributed by atoms with Gasteiger partial charge in [-0.3, -0.25) is 4.90 Å². The van der Waals surface area contributed by atoms with Gasteiger partial charge in [-0.2, -0.15) is 0 Å². The number of hydrogen-bond donors (Lipinski definition) is 1. The van der Waals surface area contributed by atoms with Crippen LogP contribution < -0.4 is 5.32 Å². The summed E-state index contributed by atoms with van der Waals surface area (Å²) in [7, 11) is 0. The number of aldehydes is 1. The number of nitrogens with zero attached hydrogens (tertiary/aromatic N) is 1. The number of ether oxygens (including phenoxy) is 2. The maximum absolute atomic E-state index is 12.1. The van der Waals surface area contributed by atoms with Gasteiger partial charge in [0.25, 0.3) is 0 Å². The van der Waals surface area contributed by atoms with Gasteiger partial charge in [0.05, 0.1) is 6.04 Å². The summed E-state index contributed by atoms with van der Waals surface area (Å²) < 4.78 is 10.5. The minimum atomic E-state index is -0.614. The second-order valence-corrected chi connectivity index (χ2v) is 7.82. The third-order valence-electron chi connectivity index (χ3n) is 3.15. The molecular formula is C16H28N2O5. The second-order valence-electron chi connectivity index (χ2n) is 7.82. The third kappa shape index (κ3) is 6.88. The van der Waals surface area contributed by atoms with Crippen molar-refractivity contribution in [3.8, 4) is 0 Å². The Hall–Kier alpha value is -1.79. The highest BCUT2D eigenvalue weighted by Gasteiger charge is 2.37. The number of hydrogen-bond acceptors (Lipinski definition) is 5. The number of likely N-dealkylation sites (tertiary alicyclic amines) is 1. The van der Waals surface area contributed by atoms with Gasteiger partial charge in [0.1, 0.15) is 17.5 Å². The van der Waals surface area contributed by atoms with E-state index in [1.54, 1.807) is 41.5 Å². The molecule has 0 aromatic heterocycles. The van der Waals surface area contributed by atoms with E-state index < -0.39 is 29.4 Å². The van der Waals surface area contributed by atoms with Gasteiger partial charge in [-0.05, 0) is 53.9 Å². The lowest BCUT2D eigenvalue weighted by atomic mass is 10.1. The van der Waals surface area contributed by atoms with E-state index in [1.165, 1.54) is 4.90 Å². The molecule has 0 spiro atoms. The highest BCUT2D eigenvalue weighted by atomic mass is 16.6. The third-order valence-corrected chi connectivity index (χ3v) is 3.15. The highest BCUT2D eigenvalue weighted by Crippen LogP contribution is 2.24.